The van der Waals surface area contributed by atoms with Gasteiger partial charge in [0, 0.05) is 31.2 Å². The van der Waals surface area contributed by atoms with Crippen molar-refractivity contribution in [1.82, 2.24) is 9.55 Å². The molecule has 21 heavy (non-hydrogen) atoms. The van der Waals surface area contributed by atoms with Crippen LogP contribution in [-0.4, -0.2) is 16.1 Å². The molecule has 0 spiro atoms. The number of hydrogen-bond donors (Lipinski definition) is 0. The van der Waals surface area contributed by atoms with Crippen molar-refractivity contribution in [3.8, 4) is 6.07 Å². The molecule has 3 rings (SSSR count). The van der Waals surface area contributed by atoms with E-state index in [-0.39, 0.29) is 5.56 Å². The molecule has 108 valence electrons. The summed E-state index contributed by atoms with van der Waals surface area (Å²) in [5.41, 5.74) is -0.644. The summed E-state index contributed by atoms with van der Waals surface area (Å²) in [4.78, 5) is 6.13. The summed E-state index contributed by atoms with van der Waals surface area (Å²) in [6, 6.07) is 5.29. The monoisotopic (exact) mass is 292 g/mol. The van der Waals surface area contributed by atoms with Crippen LogP contribution in [0.3, 0.4) is 0 Å². The zero-order chi connectivity index (χ0) is 15.0. The molecule has 1 aromatic carbocycles. The lowest BCUT2D eigenvalue weighted by Gasteiger charge is -2.30. The van der Waals surface area contributed by atoms with Gasteiger partial charge in [-0.25, -0.2) is 4.98 Å². The van der Waals surface area contributed by atoms with Gasteiger partial charge in [-0.15, -0.1) is 0 Å². The topological polar surface area (TPSA) is 44.9 Å². The Labute approximate surface area is 119 Å². The van der Waals surface area contributed by atoms with Gasteiger partial charge in [0.25, 0.3) is 0 Å². The van der Waals surface area contributed by atoms with Crippen molar-refractivity contribution >= 4 is 5.69 Å². The van der Waals surface area contributed by atoms with Crippen LogP contribution in [0.2, 0.25) is 0 Å². The number of alkyl halides is 3. The Morgan fingerprint density at radius 3 is 2.76 bits per heavy atom. The van der Waals surface area contributed by atoms with Gasteiger partial charge in [-0.3, -0.25) is 0 Å². The second-order valence-electron chi connectivity index (χ2n) is 4.80. The predicted molar refractivity (Wildman–Crippen MR) is 69.4 cm³/mol. The molecule has 0 N–H and O–H groups in total. The average Bonchev–Trinajstić information content (AvgIpc) is 2.93. The lowest BCUT2D eigenvalue weighted by atomic mass is 10.1. The van der Waals surface area contributed by atoms with E-state index >= 15 is 0 Å². The predicted octanol–water partition coefficient (Wildman–Crippen LogP) is 2.79. The van der Waals surface area contributed by atoms with E-state index in [2.05, 4.69) is 4.98 Å². The number of fused-ring (bicyclic) bond motifs is 1. The summed E-state index contributed by atoms with van der Waals surface area (Å²) in [5.74, 6) is 0.861. The summed E-state index contributed by atoms with van der Waals surface area (Å²) in [6.45, 7) is 1.90. The smallest absolute Gasteiger partial charge is 0.362 e. The van der Waals surface area contributed by atoms with E-state index < -0.39 is 11.7 Å². The van der Waals surface area contributed by atoms with E-state index in [9.17, 15) is 13.2 Å². The van der Waals surface area contributed by atoms with Crippen molar-refractivity contribution < 1.29 is 13.2 Å². The fourth-order valence-electron chi connectivity index (χ4n) is 2.46. The van der Waals surface area contributed by atoms with Crippen LogP contribution in [0.25, 0.3) is 0 Å². The van der Waals surface area contributed by atoms with Gasteiger partial charge in [-0.1, -0.05) is 0 Å². The summed E-state index contributed by atoms with van der Waals surface area (Å²) < 4.78 is 40.4. The van der Waals surface area contributed by atoms with Gasteiger partial charge in [0.1, 0.15) is 5.82 Å². The Morgan fingerprint density at radius 1 is 1.24 bits per heavy atom. The maximum atomic E-state index is 12.8. The molecule has 0 atom stereocenters. The molecule has 4 nitrogen and oxygen atoms in total. The van der Waals surface area contributed by atoms with Crippen molar-refractivity contribution in [2.45, 2.75) is 19.3 Å². The van der Waals surface area contributed by atoms with Gasteiger partial charge in [-0.2, -0.15) is 18.4 Å². The third kappa shape index (κ3) is 2.44. The van der Waals surface area contributed by atoms with Gasteiger partial charge >= 0.3 is 6.18 Å². The Kier molecular flexibility index (Phi) is 3.09. The molecule has 0 bridgehead atoms. The summed E-state index contributed by atoms with van der Waals surface area (Å²) in [7, 11) is 0. The highest BCUT2D eigenvalue weighted by Crippen LogP contribution is 2.34. The molecule has 2 heterocycles. The number of halogens is 3. The maximum absolute atomic E-state index is 12.8. The first-order valence-corrected chi connectivity index (χ1v) is 6.35. The van der Waals surface area contributed by atoms with Crippen LogP contribution in [0.4, 0.5) is 18.9 Å². The minimum absolute atomic E-state index is 0.353. The van der Waals surface area contributed by atoms with E-state index in [1.54, 1.807) is 12.3 Å². The van der Waals surface area contributed by atoms with Gasteiger partial charge < -0.3 is 9.47 Å². The highest BCUT2D eigenvalue weighted by Gasteiger charge is 2.34. The number of benzene rings is 1. The van der Waals surface area contributed by atoms with Gasteiger partial charge in [0.2, 0.25) is 0 Å². The second kappa shape index (κ2) is 4.81. The van der Waals surface area contributed by atoms with Crippen LogP contribution in [0, 0.1) is 11.3 Å². The lowest BCUT2D eigenvalue weighted by Crippen LogP contribution is -2.33. The summed E-state index contributed by atoms with van der Waals surface area (Å²) >= 11 is 0. The number of anilines is 1. The molecule has 0 saturated heterocycles. The third-order valence-electron chi connectivity index (χ3n) is 3.54. The van der Waals surface area contributed by atoms with Gasteiger partial charge in [0.05, 0.1) is 23.7 Å². The molecule has 0 radical (unpaired) electrons. The maximum Gasteiger partial charge on any atom is 0.417 e. The van der Waals surface area contributed by atoms with E-state index in [1.807, 2.05) is 15.7 Å². The summed E-state index contributed by atoms with van der Waals surface area (Å²) in [6.07, 6.45) is -0.936. The number of nitriles is 1. The Hall–Kier alpha value is -2.49. The molecule has 1 aliphatic rings. The van der Waals surface area contributed by atoms with Crippen LogP contribution in [0.15, 0.2) is 30.6 Å². The fraction of sp³-hybridized carbons (Fsp3) is 0.286. The lowest BCUT2D eigenvalue weighted by molar-refractivity contribution is -0.137. The normalized spacial score (nSPS) is 14.7. The van der Waals surface area contributed by atoms with Gasteiger partial charge in [0.15, 0.2) is 0 Å². The van der Waals surface area contributed by atoms with Crippen LogP contribution >= 0.6 is 0 Å². The average molecular weight is 292 g/mol. The molecule has 0 unspecified atom stereocenters. The van der Waals surface area contributed by atoms with Crippen molar-refractivity contribution in [2.24, 2.45) is 0 Å². The first kappa shape index (κ1) is 13.5. The van der Waals surface area contributed by atoms with E-state index in [0.29, 0.717) is 18.8 Å². The number of nitrogens with zero attached hydrogens (tertiary/aromatic N) is 4. The molecule has 1 aromatic heterocycles. The van der Waals surface area contributed by atoms with Crippen molar-refractivity contribution in [3.05, 3.63) is 47.5 Å². The van der Waals surface area contributed by atoms with Crippen LogP contribution < -0.4 is 4.90 Å². The second-order valence-corrected chi connectivity index (χ2v) is 4.80. The van der Waals surface area contributed by atoms with E-state index in [0.717, 1.165) is 18.4 Å². The molecule has 7 heteroatoms. The zero-order valence-corrected chi connectivity index (χ0v) is 10.9. The van der Waals surface area contributed by atoms with Gasteiger partial charge in [-0.05, 0) is 18.2 Å². The zero-order valence-electron chi connectivity index (χ0n) is 10.9. The molecule has 0 fully saturated rings. The highest BCUT2D eigenvalue weighted by molar-refractivity contribution is 5.55. The quantitative estimate of drug-likeness (QED) is 0.812. The standard InChI is InChI=1S/C14H11F3N4/c15-14(16,17)12-2-1-11(7-10(12)8-18)21-6-5-20-4-3-19-13(20)9-21/h1-4,7H,5-6,9H2. The molecule has 1 aliphatic heterocycles. The number of imidazole rings is 1. The van der Waals surface area contributed by atoms with Crippen LogP contribution in [0.1, 0.15) is 17.0 Å². The number of hydrogen-bond acceptors (Lipinski definition) is 3. The number of aromatic nitrogens is 2. The van der Waals surface area contributed by atoms with Crippen LogP contribution in [0.5, 0.6) is 0 Å². The minimum Gasteiger partial charge on any atom is -0.362 e. The number of rotatable bonds is 1. The van der Waals surface area contributed by atoms with Crippen molar-refractivity contribution in [1.29, 1.82) is 5.26 Å². The molecule has 0 amide bonds. The minimum atomic E-state index is -4.51. The molecule has 0 saturated carbocycles. The van der Waals surface area contributed by atoms with Crippen molar-refractivity contribution in [2.75, 3.05) is 11.4 Å². The third-order valence-corrected chi connectivity index (χ3v) is 3.54. The molecular formula is C14H11F3N4. The van der Waals surface area contributed by atoms with E-state index in [4.69, 9.17) is 5.26 Å². The van der Waals surface area contributed by atoms with Crippen molar-refractivity contribution in [3.63, 3.8) is 0 Å². The Morgan fingerprint density at radius 2 is 2.05 bits per heavy atom. The molecule has 0 aliphatic carbocycles. The molecule has 2 aromatic rings. The van der Waals surface area contributed by atoms with Crippen LogP contribution in [-0.2, 0) is 19.3 Å². The first-order valence-electron chi connectivity index (χ1n) is 6.35. The highest BCUT2D eigenvalue weighted by atomic mass is 19.4. The largest absolute Gasteiger partial charge is 0.417 e. The summed E-state index contributed by atoms with van der Waals surface area (Å²) in [5, 5.41) is 8.94. The Bertz CT molecular complexity index is 712. The SMILES string of the molecule is N#Cc1cc(N2CCn3ccnc3C2)ccc1C(F)(F)F. The Balaban J connectivity index is 1.93. The molecular weight excluding hydrogens is 281 g/mol. The van der Waals surface area contributed by atoms with E-state index in [1.165, 1.54) is 12.1 Å². The fourth-order valence-corrected chi connectivity index (χ4v) is 2.46. The first-order chi connectivity index (χ1) is 9.99.